The van der Waals surface area contributed by atoms with E-state index >= 15 is 0 Å². The second kappa shape index (κ2) is 5.95. The summed E-state index contributed by atoms with van der Waals surface area (Å²) < 4.78 is 0. The van der Waals surface area contributed by atoms with Gasteiger partial charge in [0.2, 0.25) is 5.91 Å². The van der Waals surface area contributed by atoms with Gasteiger partial charge in [0, 0.05) is 30.1 Å². The number of H-pyrrole nitrogens is 1. The van der Waals surface area contributed by atoms with Crippen molar-refractivity contribution < 1.29 is 4.79 Å². The molecule has 2 N–H and O–H groups in total. The van der Waals surface area contributed by atoms with Crippen LogP contribution in [0, 0.1) is 0 Å². The summed E-state index contributed by atoms with van der Waals surface area (Å²) in [5, 5.41) is 9.62. The Bertz CT molecular complexity index is 507. The van der Waals surface area contributed by atoms with E-state index in [0.717, 1.165) is 17.8 Å². The highest BCUT2D eigenvalue weighted by molar-refractivity contribution is 5.89. The third-order valence-electron chi connectivity index (χ3n) is 2.61. The highest BCUT2D eigenvalue weighted by Gasteiger charge is 2.06. The summed E-state index contributed by atoms with van der Waals surface area (Å²) in [5.74, 6) is 0.535. The predicted octanol–water partition coefficient (Wildman–Crippen LogP) is 1.94. The number of nitrogens with one attached hydrogen (secondary N) is 2. The summed E-state index contributed by atoms with van der Waals surface area (Å²) in [5.41, 5.74) is 1.93. The molecule has 18 heavy (non-hydrogen) atoms. The molecule has 0 saturated carbocycles. The molecule has 0 radical (unpaired) electrons. The van der Waals surface area contributed by atoms with Crippen LogP contribution in [0.2, 0.25) is 0 Å². The summed E-state index contributed by atoms with van der Waals surface area (Å²) in [6, 6.07) is 7.54. The molecule has 5 nitrogen and oxygen atoms in total. The smallest absolute Gasteiger partial charge is 0.225 e. The van der Waals surface area contributed by atoms with Gasteiger partial charge in [-0.05, 0) is 25.0 Å². The average Bonchev–Trinajstić information content (AvgIpc) is 2.85. The van der Waals surface area contributed by atoms with Crippen LogP contribution in [0.3, 0.4) is 0 Å². The number of pyridine rings is 1. The highest BCUT2D eigenvalue weighted by Crippen LogP contribution is 2.07. The monoisotopic (exact) mass is 244 g/mol. The molecule has 2 aromatic rings. The Hall–Kier alpha value is -2.17. The van der Waals surface area contributed by atoms with Crippen molar-refractivity contribution in [3.8, 4) is 0 Å². The minimum absolute atomic E-state index is 0.0465. The molecule has 1 amide bonds. The van der Waals surface area contributed by atoms with E-state index in [1.54, 1.807) is 6.20 Å². The quantitative estimate of drug-likeness (QED) is 0.844. The topological polar surface area (TPSA) is 70.7 Å². The zero-order chi connectivity index (χ0) is 12.8. The maximum atomic E-state index is 11.7. The minimum atomic E-state index is -0.0465. The summed E-state index contributed by atoms with van der Waals surface area (Å²) in [6.45, 7) is 2.03. The van der Waals surface area contributed by atoms with Crippen LogP contribution in [-0.2, 0) is 17.6 Å². The number of hydrogen-bond donors (Lipinski definition) is 2. The van der Waals surface area contributed by atoms with E-state index in [2.05, 4.69) is 20.5 Å². The van der Waals surface area contributed by atoms with Crippen LogP contribution in [0.15, 0.2) is 30.5 Å². The van der Waals surface area contributed by atoms with Gasteiger partial charge in [0.15, 0.2) is 5.82 Å². The molecular weight excluding hydrogens is 228 g/mol. The highest BCUT2D eigenvalue weighted by atomic mass is 16.1. The van der Waals surface area contributed by atoms with E-state index in [1.165, 1.54) is 0 Å². The second-order valence-corrected chi connectivity index (χ2v) is 4.00. The molecular formula is C13H16N4O. The molecule has 0 atom stereocenters. The predicted molar refractivity (Wildman–Crippen MR) is 69.2 cm³/mol. The van der Waals surface area contributed by atoms with Crippen molar-refractivity contribution >= 4 is 11.7 Å². The molecule has 0 spiro atoms. The fraction of sp³-hybridized carbons (Fsp3) is 0.308. The van der Waals surface area contributed by atoms with Crippen LogP contribution < -0.4 is 5.32 Å². The first kappa shape index (κ1) is 12.3. The van der Waals surface area contributed by atoms with Gasteiger partial charge in [-0.2, -0.15) is 5.10 Å². The molecule has 2 aromatic heterocycles. The first-order chi connectivity index (χ1) is 8.78. The van der Waals surface area contributed by atoms with Gasteiger partial charge in [-0.1, -0.05) is 13.0 Å². The van der Waals surface area contributed by atoms with Crippen molar-refractivity contribution in [2.45, 2.75) is 26.2 Å². The van der Waals surface area contributed by atoms with Crippen LogP contribution in [-0.4, -0.2) is 21.1 Å². The van der Waals surface area contributed by atoms with Crippen LogP contribution in [0.4, 0.5) is 5.82 Å². The number of carbonyl (C=O) groups is 1. The van der Waals surface area contributed by atoms with E-state index in [4.69, 9.17) is 0 Å². The summed E-state index contributed by atoms with van der Waals surface area (Å²) in [7, 11) is 0. The molecule has 5 heteroatoms. The number of hydrogen-bond acceptors (Lipinski definition) is 3. The molecule has 2 heterocycles. The van der Waals surface area contributed by atoms with E-state index < -0.39 is 0 Å². The Balaban J connectivity index is 1.82. The molecule has 0 aliphatic heterocycles. The Morgan fingerprint density at radius 2 is 2.33 bits per heavy atom. The van der Waals surface area contributed by atoms with E-state index in [-0.39, 0.29) is 5.91 Å². The van der Waals surface area contributed by atoms with Crippen LogP contribution in [0.5, 0.6) is 0 Å². The molecule has 0 aliphatic rings. The van der Waals surface area contributed by atoms with Gasteiger partial charge in [0.05, 0.1) is 0 Å². The Morgan fingerprint density at radius 3 is 3.00 bits per heavy atom. The number of anilines is 1. The molecule has 0 bridgehead atoms. The lowest BCUT2D eigenvalue weighted by atomic mass is 10.2. The number of nitrogens with zero attached hydrogens (tertiary/aromatic N) is 2. The van der Waals surface area contributed by atoms with Gasteiger partial charge in [-0.25, -0.2) is 0 Å². The lowest BCUT2D eigenvalue weighted by molar-refractivity contribution is -0.116. The van der Waals surface area contributed by atoms with Crippen LogP contribution in [0.1, 0.15) is 24.7 Å². The first-order valence-corrected chi connectivity index (χ1v) is 6.02. The maximum absolute atomic E-state index is 11.7. The molecule has 0 aromatic carbocycles. The third-order valence-corrected chi connectivity index (χ3v) is 2.61. The van der Waals surface area contributed by atoms with Gasteiger partial charge >= 0.3 is 0 Å². The van der Waals surface area contributed by atoms with Gasteiger partial charge in [0.1, 0.15) is 0 Å². The van der Waals surface area contributed by atoms with Crippen molar-refractivity contribution in [3.05, 3.63) is 41.9 Å². The van der Waals surface area contributed by atoms with E-state index in [1.807, 2.05) is 31.2 Å². The van der Waals surface area contributed by atoms with Crippen LogP contribution >= 0.6 is 0 Å². The van der Waals surface area contributed by atoms with Crippen molar-refractivity contribution in [1.82, 2.24) is 15.2 Å². The number of aromatic amines is 1. The Kier molecular flexibility index (Phi) is 4.06. The second-order valence-electron chi connectivity index (χ2n) is 4.00. The molecule has 94 valence electrons. The largest absolute Gasteiger partial charge is 0.309 e. The summed E-state index contributed by atoms with van der Waals surface area (Å²) in [4.78, 5) is 15.9. The molecule has 0 unspecified atom stereocenters. The molecule has 2 rings (SSSR count). The zero-order valence-corrected chi connectivity index (χ0v) is 10.3. The van der Waals surface area contributed by atoms with Gasteiger partial charge in [0.25, 0.3) is 0 Å². The lowest BCUT2D eigenvalue weighted by Gasteiger charge is -2.01. The third kappa shape index (κ3) is 3.41. The fourth-order valence-electron chi connectivity index (χ4n) is 1.60. The van der Waals surface area contributed by atoms with Crippen molar-refractivity contribution in [2.24, 2.45) is 0 Å². The fourth-order valence-corrected chi connectivity index (χ4v) is 1.60. The number of aromatic nitrogens is 3. The molecule has 0 fully saturated rings. The molecule has 0 saturated heterocycles. The Labute approximate surface area is 106 Å². The first-order valence-electron chi connectivity index (χ1n) is 6.02. The SMILES string of the molecule is CCc1cc(NC(=O)CCc2ccccn2)n[nH]1. The van der Waals surface area contributed by atoms with Gasteiger partial charge < -0.3 is 5.32 Å². The number of aryl methyl sites for hydroxylation is 2. The van der Waals surface area contributed by atoms with Crippen molar-refractivity contribution in [3.63, 3.8) is 0 Å². The minimum Gasteiger partial charge on any atom is -0.309 e. The summed E-state index contributed by atoms with van der Waals surface area (Å²) in [6.07, 6.45) is 3.65. The van der Waals surface area contributed by atoms with E-state index in [9.17, 15) is 4.79 Å². The summed E-state index contributed by atoms with van der Waals surface area (Å²) >= 11 is 0. The van der Waals surface area contributed by atoms with Gasteiger partial charge in [-0.15, -0.1) is 0 Å². The van der Waals surface area contributed by atoms with E-state index in [0.29, 0.717) is 18.7 Å². The number of rotatable bonds is 5. The number of amides is 1. The average molecular weight is 244 g/mol. The standard InChI is InChI=1S/C13H16N4O/c1-2-10-9-12(17-16-10)15-13(18)7-6-11-5-3-4-8-14-11/h3-5,8-9H,2,6-7H2,1H3,(H2,15,16,17,18). The maximum Gasteiger partial charge on any atom is 0.225 e. The molecule has 0 aliphatic carbocycles. The zero-order valence-electron chi connectivity index (χ0n) is 10.3. The van der Waals surface area contributed by atoms with Crippen molar-refractivity contribution in [2.75, 3.05) is 5.32 Å². The van der Waals surface area contributed by atoms with Crippen molar-refractivity contribution in [1.29, 1.82) is 0 Å². The Morgan fingerprint density at radius 1 is 1.44 bits per heavy atom. The van der Waals surface area contributed by atoms with Crippen LogP contribution in [0.25, 0.3) is 0 Å². The number of carbonyl (C=O) groups excluding carboxylic acids is 1. The normalized spacial score (nSPS) is 10.3. The van der Waals surface area contributed by atoms with Gasteiger partial charge in [-0.3, -0.25) is 14.9 Å². The lowest BCUT2D eigenvalue weighted by Crippen LogP contribution is -2.12.